The molecular formula is C16H25N3O3S. The van der Waals surface area contributed by atoms with Gasteiger partial charge in [0.05, 0.1) is 0 Å². The van der Waals surface area contributed by atoms with Crippen LogP contribution in [0.3, 0.4) is 0 Å². The van der Waals surface area contributed by atoms with Crippen LogP contribution in [0.4, 0.5) is 0 Å². The van der Waals surface area contributed by atoms with Crippen molar-refractivity contribution in [2.45, 2.75) is 62.3 Å². The van der Waals surface area contributed by atoms with E-state index in [9.17, 15) is 13.2 Å². The van der Waals surface area contributed by atoms with E-state index < -0.39 is 10.0 Å². The first-order chi connectivity index (χ1) is 11.1. The third-order valence-corrected chi connectivity index (χ3v) is 6.27. The molecule has 1 saturated carbocycles. The molecule has 6 nitrogen and oxygen atoms in total. The lowest BCUT2D eigenvalue weighted by molar-refractivity contribution is 0.0787. The Bertz CT molecular complexity index is 639. The summed E-state index contributed by atoms with van der Waals surface area (Å²) in [5, 5.41) is 0. The number of hydrogen-bond donors (Lipinski definition) is 2. The number of likely N-dealkylation sites (tertiary alicyclic amines) is 1. The molecule has 1 aliphatic heterocycles. The minimum absolute atomic E-state index is 0.00938. The van der Waals surface area contributed by atoms with E-state index in [-0.39, 0.29) is 16.8 Å². The summed E-state index contributed by atoms with van der Waals surface area (Å²) < 4.78 is 27.8. The minimum atomic E-state index is -3.56. The van der Waals surface area contributed by atoms with Crippen molar-refractivity contribution in [2.75, 3.05) is 13.1 Å². The van der Waals surface area contributed by atoms with E-state index in [0.29, 0.717) is 5.69 Å². The van der Waals surface area contributed by atoms with Crippen LogP contribution in [0.2, 0.25) is 0 Å². The first-order valence-corrected chi connectivity index (χ1v) is 10.0. The Balaban J connectivity index is 1.69. The molecule has 0 spiro atoms. The quantitative estimate of drug-likeness (QED) is 0.826. The van der Waals surface area contributed by atoms with Gasteiger partial charge in [-0.15, -0.1) is 0 Å². The molecular weight excluding hydrogens is 314 g/mol. The molecule has 1 aromatic rings. The summed E-state index contributed by atoms with van der Waals surface area (Å²) in [5.41, 5.74) is 0.355. The lowest BCUT2D eigenvalue weighted by Crippen LogP contribution is -2.34. The Morgan fingerprint density at radius 1 is 1.09 bits per heavy atom. The van der Waals surface area contributed by atoms with Gasteiger partial charge < -0.3 is 9.88 Å². The highest BCUT2D eigenvalue weighted by atomic mass is 32.2. The Morgan fingerprint density at radius 3 is 2.39 bits per heavy atom. The first kappa shape index (κ1) is 16.5. The average molecular weight is 339 g/mol. The van der Waals surface area contributed by atoms with Crippen LogP contribution in [-0.2, 0) is 10.0 Å². The fourth-order valence-electron chi connectivity index (χ4n) is 3.43. The molecule has 0 radical (unpaired) electrons. The Morgan fingerprint density at radius 2 is 1.74 bits per heavy atom. The fourth-order valence-corrected chi connectivity index (χ4v) is 4.73. The lowest BCUT2D eigenvalue weighted by atomic mass is 10.1. The van der Waals surface area contributed by atoms with Crippen molar-refractivity contribution in [3.8, 4) is 0 Å². The van der Waals surface area contributed by atoms with Gasteiger partial charge in [0.25, 0.3) is 5.91 Å². The number of rotatable bonds is 4. The standard InChI is InChI=1S/C16H25N3O3S/c20-16(19-9-5-6-10-19)15-11-14(12-17-15)23(21,22)18-13-7-3-1-2-4-8-13/h11-13,17-18H,1-10H2. The van der Waals surface area contributed by atoms with Gasteiger partial charge in [0.15, 0.2) is 0 Å². The van der Waals surface area contributed by atoms with Gasteiger partial charge in [-0.3, -0.25) is 4.79 Å². The topological polar surface area (TPSA) is 82.3 Å². The van der Waals surface area contributed by atoms with Crippen molar-refractivity contribution in [3.05, 3.63) is 18.0 Å². The SMILES string of the molecule is O=C(c1cc(S(=O)(=O)NC2CCCCCC2)c[nH]1)N1CCCC1. The first-order valence-electron chi connectivity index (χ1n) is 8.56. The summed E-state index contributed by atoms with van der Waals surface area (Å²) in [4.78, 5) is 17.1. The zero-order valence-corrected chi connectivity index (χ0v) is 14.2. The lowest BCUT2D eigenvalue weighted by Gasteiger charge is -2.15. The van der Waals surface area contributed by atoms with E-state index in [1.54, 1.807) is 4.90 Å². The molecule has 3 rings (SSSR count). The van der Waals surface area contributed by atoms with Crippen molar-refractivity contribution in [1.29, 1.82) is 0 Å². The number of nitrogens with one attached hydrogen (secondary N) is 2. The van der Waals surface area contributed by atoms with Crippen LogP contribution in [0.1, 0.15) is 61.9 Å². The third-order valence-electron chi connectivity index (χ3n) is 4.77. The van der Waals surface area contributed by atoms with Gasteiger partial charge in [-0.2, -0.15) is 0 Å². The van der Waals surface area contributed by atoms with Crippen LogP contribution >= 0.6 is 0 Å². The maximum absolute atomic E-state index is 12.5. The maximum atomic E-state index is 12.5. The number of carbonyl (C=O) groups is 1. The molecule has 1 aromatic heterocycles. The Kier molecular flexibility index (Phi) is 5.06. The minimum Gasteiger partial charge on any atom is -0.356 e. The highest BCUT2D eigenvalue weighted by Crippen LogP contribution is 2.20. The number of nitrogens with zero attached hydrogens (tertiary/aromatic N) is 1. The molecule has 2 heterocycles. The van der Waals surface area contributed by atoms with E-state index in [4.69, 9.17) is 0 Å². The number of aromatic nitrogens is 1. The highest BCUT2D eigenvalue weighted by molar-refractivity contribution is 7.89. The van der Waals surface area contributed by atoms with Gasteiger partial charge in [-0.1, -0.05) is 25.7 Å². The summed E-state index contributed by atoms with van der Waals surface area (Å²) in [6.45, 7) is 1.50. The fraction of sp³-hybridized carbons (Fsp3) is 0.688. The summed E-state index contributed by atoms with van der Waals surface area (Å²) in [5.74, 6) is -0.113. The van der Waals surface area contributed by atoms with Crippen LogP contribution in [-0.4, -0.2) is 43.3 Å². The van der Waals surface area contributed by atoms with E-state index in [0.717, 1.165) is 51.6 Å². The zero-order chi connectivity index (χ0) is 16.3. The van der Waals surface area contributed by atoms with E-state index in [1.165, 1.54) is 25.1 Å². The van der Waals surface area contributed by atoms with Gasteiger partial charge in [0.1, 0.15) is 10.6 Å². The molecule has 1 aliphatic carbocycles. The van der Waals surface area contributed by atoms with E-state index in [2.05, 4.69) is 9.71 Å². The summed E-state index contributed by atoms with van der Waals surface area (Å²) >= 11 is 0. The molecule has 128 valence electrons. The number of hydrogen-bond acceptors (Lipinski definition) is 3. The monoisotopic (exact) mass is 339 g/mol. The van der Waals surface area contributed by atoms with Gasteiger partial charge in [-0.05, 0) is 31.7 Å². The van der Waals surface area contributed by atoms with Crippen LogP contribution < -0.4 is 4.72 Å². The average Bonchev–Trinajstić information content (AvgIpc) is 3.16. The van der Waals surface area contributed by atoms with E-state index in [1.807, 2.05) is 0 Å². The van der Waals surface area contributed by atoms with Gasteiger partial charge in [-0.25, -0.2) is 13.1 Å². The molecule has 1 amide bonds. The molecule has 0 unspecified atom stereocenters. The van der Waals surface area contributed by atoms with Gasteiger partial charge in [0.2, 0.25) is 10.0 Å². The molecule has 7 heteroatoms. The molecule has 1 saturated heterocycles. The molecule has 0 aromatic carbocycles. The predicted molar refractivity (Wildman–Crippen MR) is 87.7 cm³/mol. The van der Waals surface area contributed by atoms with Crippen LogP contribution in [0.5, 0.6) is 0 Å². The summed E-state index contributed by atoms with van der Waals surface area (Å²) in [6.07, 6.45) is 9.72. The molecule has 2 N–H and O–H groups in total. The number of sulfonamides is 1. The molecule has 0 bridgehead atoms. The second kappa shape index (κ2) is 7.05. The van der Waals surface area contributed by atoms with Crippen molar-refractivity contribution in [2.24, 2.45) is 0 Å². The van der Waals surface area contributed by atoms with Crippen molar-refractivity contribution in [3.63, 3.8) is 0 Å². The van der Waals surface area contributed by atoms with Crippen LogP contribution in [0, 0.1) is 0 Å². The van der Waals surface area contributed by atoms with Crippen LogP contribution in [0.15, 0.2) is 17.2 Å². The van der Waals surface area contributed by atoms with Crippen molar-refractivity contribution in [1.82, 2.24) is 14.6 Å². The normalized spacial score (nSPS) is 20.6. The maximum Gasteiger partial charge on any atom is 0.270 e. The number of amides is 1. The second-order valence-electron chi connectivity index (χ2n) is 6.56. The summed E-state index contributed by atoms with van der Waals surface area (Å²) in [7, 11) is -3.56. The van der Waals surface area contributed by atoms with Crippen molar-refractivity contribution < 1.29 is 13.2 Å². The van der Waals surface area contributed by atoms with Gasteiger partial charge >= 0.3 is 0 Å². The Hall–Kier alpha value is -1.34. The third kappa shape index (κ3) is 3.95. The number of carbonyl (C=O) groups excluding carboxylic acids is 1. The molecule has 2 fully saturated rings. The number of aromatic amines is 1. The summed E-state index contributed by atoms with van der Waals surface area (Å²) in [6, 6.07) is 1.47. The predicted octanol–water partition coefficient (Wildman–Crippen LogP) is 2.25. The van der Waals surface area contributed by atoms with Crippen molar-refractivity contribution >= 4 is 15.9 Å². The smallest absolute Gasteiger partial charge is 0.270 e. The molecule has 2 aliphatic rings. The molecule has 23 heavy (non-hydrogen) atoms. The van der Waals surface area contributed by atoms with E-state index >= 15 is 0 Å². The Labute approximate surface area is 137 Å². The molecule has 0 atom stereocenters. The largest absolute Gasteiger partial charge is 0.356 e. The number of H-pyrrole nitrogens is 1. The second-order valence-corrected chi connectivity index (χ2v) is 8.27. The zero-order valence-electron chi connectivity index (χ0n) is 13.4. The highest BCUT2D eigenvalue weighted by Gasteiger charge is 2.25. The van der Waals surface area contributed by atoms with Crippen LogP contribution in [0.25, 0.3) is 0 Å². The van der Waals surface area contributed by atoms with Gasteiger partial charge in [0, 0.05) is 25.3 Å².